The van der Waals surface area contributed by atoms with Crippen molar-refractivity contribution in [2.75, 3.05) is 19.8 Å². The molecule has 1 unspecified atom stereocenters. The lowest BCUT2D eigenvalue weighted by molar-refractivity contribution is -0.00178. The molecule has 94 valence electrons. The molecule has 1 heterocycles. The summed E-state index contributed by atoms with van der Waals surface area (Å²) in [5.41, 5.74) is 1.19. The maximum Gasteiger partial charge on any atom is 0.124 e. The third-order valence-electron chi connectivity index (χ3n) is 2.73. The van der Waals surface area contributed by atoms with E-state index in [0.717, 1.165) is 25.5 Å². The Balaban J connectivity index is 1.78. The minimum atomic E-state index is -0.0637. The second-order valence-electron chi connectivity index (χ2n) is 5.32. The van der Waals surface area contributed by atoms with Gasteiger partial charge < -0.3 is 14.8 Å². The Bertz CT molecular complexity index is 371. The molecule has 0 amide bonds. The normalized spacial score (nSPS) is 18.9. The lowest BCUT2D eigenvalue weighted by atomic mass is 10.1. The van der Waals surface area contributed by atoms with Crippen LogP contribution in [0.1, 0.15) is 32.4 Å². The van der Waals surface area contributed by atoms with Crippen molar-refractivity contribution >= 4 is 0 Å². The van der Waals surface area contributed by atoms with Crippen molar-refractivity contribution < 1.29 is 9.47 Å². The van der Waals surface area contributed by atoms with Gasteiger partial charge in [0.2, 0.25) is 0 Å². The fourth-order valence-electron chi connectivity index (χ4n) is 1.92. The van der Waals surface area contributed by atoms with E-state index in [1.165, 1.54) is 5.56 Å². The number of benzene rings is 1. The van der Waals surface area contributed by atoms with Crippen LogP contribution in [0.15, 0.2) is 24.3 Å². The van der Waals surface area contributed by atoms with Crippen molar-refractivity contribution in [3.05, 3.63) is 29.8 Å². The standard InChI is InChI=1S/C14H21NO2/c1-14(2,3)17-9-8-15-12-10-16-13-7-5-4-6-11(12)13/h4-7,12,15H,8-10H2,1-3H3. The molecule has 0 bridgehead atoms. The van der Waals surface area contributed by atoms with Crippen molar-refractivity contribution in [1.82, 2.24) is 5.32 Å². The van der Waals surface area contributed by atoms with E-state index in [1.54, 1.807) is 0 Å². The highest BCUT2D eigenvalue weighted by molar-refractivity contribution is 5.39. The van der Waals surface area contributed by atoms with Gasteiger partial charge in [-0.05, 0) is 26.8 Å². The second kappa shape index (κ2) is 5.07. The smallest absolute Gasteiger partial charge is 0.124 e. The van der Waals surface area contributed by atoms with Crippen molar-refractivity contribution in [3.8, 4) is 5.75 Å². The fourth-order valence-corrected chi connectivity index (χ4v) is 1.92. The van der Waals surface area contributed by atoms with Gasteiger partial charge in [0.1, 0.15) is 12.4 Å². The monoisotopic (exact) mass is 235 g/mol. The number of nitrogens with one attached hydrogen (secondary N) is 1. The minimum absolute atomic E-state index is 0.0637. The third-order valence-corrected chi connectivity index (χ3v) is 2.73. The van der Waals surface area contributed by atoms with Gasteiger partial charge in [0.15, 0.2) is 0 Å². The number of fused-ring (bicyclic) bond motifs is 1. The summed E-state index contributed by atoms with van der Waals surface area (Å²) in [5, 5.41) is 3.46. The summed E-state index contributed by atoms with van der Waals surface area (Å²) in [6.45, 7) is 8.50. The van der Waals surface area contributed by atoms with Gasteiger partial charge in [-0.15, -0.1) is 0 Å². The van der Waals surface area contributed by atoms with Crippen LogP contribution in [0.4, 0.5) is 0 Å². The van der Waals surface area contributed by atoms with Crippen LogP contribution >= 0.6 is 0 Å². The van der Waals surface area contributed by atoms with Gasteiger partial charge in [-0.25, -0.2) is 0 Å². The maximum absolute atomic E-state index is 5.67. The Labute approximate surface area is 103 Å². The average molecular weight is 235 g/mol. The van der Waals surface area contributed by atoms with Crippen LogP contribution in [-0.4, -0.2) is 25.4 Å². The van der Waals surface area contributed by atoms with Crippen molar-refractivity contribution in [2.45, 2.75) is 32.4 Å². The number of hydrogen-bond acceptors (Lipinski definition) is 3. The molecule has 1 aromatic carbocycles. The van der Waals surface area contributed by atoms with Crippen LogP contribution in [0.5, 0.6) is 5.75 Å². The van der Waals surface area contributed by atoms with Crippen LogP contribution in [0.2, 0.25) is 0 Å². The first-order chi connectivity index (χ1) is 8.06. The molecule has 0 radical (unpaired) electrons. The van der Waals surface area contributed by atoms with E-state index in [9.17, 15) is 0 Å². The van der Waals surface area contributed by atoms with Crippen molar-refractivity contribution in [2.24, 2.45) is 0 Å². The van der Waals surface area contributed by atoms with E-state index in [2.05, 4.69) is 32.2 Å². The highest BCUT2D eigenvalue weighted by Gasteiger charge is 2.22. The summed E-state index contributed by atoms with van der Waals surface area (Å²) in [7, 11) is 0. The molecule has 1 aliphatic heterocycles. The van der Waals surface area contributed by atoms with Gasteiger partial charge >= 0.3 is 0 Å². The molecule has 0 spiro atoms. The van der Waals surface area contributed by atoms with Crippen molar-refractivity contribution in [1.29, 1.82) is 0 Å². The van der Waals surface area contributed by atoms with Gasteiger partial charge in [0, 0.05) is 12.1 Å². The lowest BCUT2D eigenvalue weighted by Crippen LogP contribution is -2.29. The number of hydrogen-bond donors (Lipinski definition) is 1. The largest absolute Gasteiger partial charge is 0.491 e. The Morgan fingerprint density at radius 2 is 2.12 bits per heavy atom. The molecule has 0 saturated heterocycles. The Morgan fingerprint density at radius 1 is 1.35 bits per heavy atom. The molecule has 1 aliphatic rings. The summed E-state index contributed by atoms with van der Waals surface area (Å²) >= 11 is 0. The van der Waals surface area contributed by atoms with Gasteiger partial charge in [0.05, 0.1) is 18.2 Å². The molecular formula is C14H21NO2. The highest BCUT2D eigenvalue weighted by atomic mass is 16.5. The van der Waals surface area contributed by atoms with Gasteiger partial charge in [0.25, 0.3) is 0 Å². The predicted octanol–water partition coefficient (Wildman–Crippen LogP) is 2.52. The zero-order valence-corrected chi connectivity index (χ0v) is 10.8. The first kappa shape index (κ1) is 12.4. The molecule has 1 N–H and O–H groups in total. The number of para-hydroxylation sites is 1. The Hall–Kier alpha value is -1.06. The first-order valence-corrected chi connectivity index (χ1v) is 6.15. The molecule has 0 fully saturated rings. The Kier molecular flexibility index (Phi) is 3.69. The summed E-state index contributed by atoms with van der Waals surface area (Å²) in [4.78, 5) is 0. The minimum Gasteiger partial charge on any atom is -0.491 e. The van der Waals surface area contributed by atoms with Crippen molar-refractivity contribution in [3.63, 3.8) is 0 Å². The van der Waals surface area contributed by atoms with Crippen LogP contribution in [-0.2, 0) is 4.74 Å². The lowest BCUT2D eigenvalue weighted by Gasteiger charge is -2.20. The van der Waals surface area contributed by atoms with Crippen LogP contribution in [0, 0.1) is 0 Å². The van der Waals surface area contributed by atoms with Crippen LogP contribution < -0.4 is 10.1 Å². The van der Waals surface area contributed by atoms with E-state index in [0.29, 0.717) is 6.04 Å². The summed E-state index contributed by atoms with van der Waals surface area (Å²) in [6, 6.07) is 8.49. The zero-order valence-electron chi connectivity index (χ0n) is 10.8. The van der Waals surface area contributed by atoms with Crippen LogP contribution in [0.3, 0.4) is 0 Å². The van der Waals surface area contributed by atoms with Gasteiger partial charge in [-0.2, -0.15) is 0 Å². The fraction of sp³-hybridized carbons (Fsp3) is 0.571. The molecule has 3 heteroatoms. The van der Waals surface area contributed by atoms with Gasteiger partial charge in [-0.3, -0.25) is 0 Å². The summed E-state index contributed by atoms with van der Waals surface area (Å²) in [5.74, 6) is 1.00. The topological polar surface area (TPSA) is 30.5 Å². The number of ether oxygens (including phenoxy) is 2. The van der Waals surface area contributed by atoms with Gasteiger partial charge in [-0.1, -0.05) is 18.2 Å². The quantitative estimate of drug-likeness (QED) is 0.813. The third kappa shape index (κ3) is 3.45. The summed E-state index contributed by atoms with van der Waals surface area (Å²) in [6.07, 6.45) is 0. The van der Waals surface area contributed by atoms with Crippen LogP contribution in [0.25, 0.3) is 0 Å². The first-order valence-electron chi connectivity index (χ1n) is 6.15. The maximum atomic E-state index is 5.67. The summed E-state index contributed by atoms with van der Waals surface area (Å²) < 4.78 is 11.3. The van der Waals surface area contributed by atoms with E-state index < -0.39 is 0 Å². The SMILES string of the molecule is CC(C)(C)OCCNC1COc2ccccc21. The van der Waals surface area contributed by atoms with E-state index in [1.807, 2.05) is 18.2 Å². The molecule has 0 aliphatic carbocycles. The molecule has 3 nitrogen and oxygen atoms in total. The molecular weight excluding hydrogens is 214 g/mol. The second-order valence-corrected chi connectivity index (χ2v) is 5.32. The average Bonchev–Trinajstić information content (AvgIpc) is 2.67. The van der Waals surface area contributed by atoms with E-state index in [4.69, 9.17) is 9.47 Å². The Morgan fingerprint density at radius 3 is 2.88 bits per heavy atom. The van der Waals surface area contributed by atoms with E-state index in [-0.39, 0.29) is 5.60 Å². The zero-order chi connectivity index (χ0) is 12.3. The molecule has 2 rings (SSSR count). The highest BCUT2D eigenvalue weighted by Crippen LogP contribution is 2.31. The molecule has 0 aromatic heterocycles. The molecule has 17 heavy (non-hydrogen) atoms. The molecule has 0 saturated carbocycles. The molecule has 1 atom stereocenters. The van der Waals surface area contributed by atoms with E-state index >= 15 is 0 Å². The molecule has 1 aromatic rings. The number of rotatable bonds is 4. The predicted molar refractivity (Wildman–Crippen MR) is 68.4 cm³/mol.